The molecule has 4 aromatic rings. The summed E-state index contributed by atoms with van der Waals surface area (Å²) in [7, 11) is 0. The maximum Gasteiger partial charge on any atom is 0.418 e. The fourth-order valence-electron chi connectivity index (χ4n) is 2.86. The monoisotopic (exact) mass is 371 g/mol. The predicted molar refractivity (Wildman–Crippen MR) is 105 cm³/mol. The third-order valence-electron chi connectivity index (χ3n) is 4.29. The van der Waals surface area contributed by atoms with Crippen molar-refractivity contribution in [2.45, 2.75) is 6.61 Å². The van der Waals surface area contributed by atoms with Crippen LogP contribution in [0, 0.1) is 0 Å². The highest BCUT2D eigenvalue weighted by Crippen LogP contribution is 2.23. The normalized spacial score (nSPS) is 10.6. The minimum Gasteiger partial charge on any atom is -0.444 e. The Hall–Kier alpha value is -3.86. The van der Waals surface area contributed by atoms with Crippen molar-refractivity contribution >= 4 is 23.0 Å². The number of ether oxygens (including phenoxy) is 2. The smallest absolute Gasteiger partial charge is 0.418 e. The minimum atomic E-state index is -0.495. The number of rotatable bonds is 4. The summed E-state index contributed by atoms with van der Waals surface area (Å²) in [4.78, 5) is 24.7. The number of carbonyl (C=O) groups is 2. The first-order valence-corrected chi connectivity index (χ1v) is 8.80. The Balaban J connectivity index is 1.52. The van der Waals surface area contributed by atoms with Crippen LogP contribution in [0.15, 0.2) is 91.1 Å². The molecule has 0 saturated heterocycles. The molecule has 5 heteroatoms. The van der Waals surface area contributed by atoms with E-state index in [0.29, 0.717) is 16.8 Å². The van der Waals surface area contributed by atoms with Gasteiger partial charge in [-0.05, 0) is 35.9 Å². The van der Waals surface area contributed by atoms with Gasteiger partial charge in [0.05, 0.1) is 11.1 Å². The predicted octanol–water partition coefficient (Wildman–Crippen LogP) is 5.05. The van der Waals surface area contributed by atoms with Gasteiger partial charge in [-0.3, -0.25) is 4.57 Å². The second-order valence-electron chi connectivity index (χ2n) is 6.20. The van der Waals surface area contributed by atoms with Crippen LogP contribution in [0.1, 0.15) is 15.9 Å². The Morgan fingerprint density at radius 1 is 0.821 bits per heavy atom. The van der Waals surface area contributed by atoms with Crippen LogP contribution in [0.25, 0.3) is 10.9 Å². The lowest BCUT2D eigenvalue weighted by molar-refractivity contribution is 0.0735. The molecule has 1 aromatic heterocycles. The number of hydrogen-bond acceptors (Lipinski definition) is 4. The first kappa shape index (κ1) is 17.5. The zero-order valence-corrected chi connectivity index (χ0v) is 14.9. The average Bonchev–Trinajstić information content (AvgIpc) is 3.17. The summed E-state index contributed by atoms with van der Waals surface area (Å²) in [5.74, 6) is -0.0955. The van der Waals surface area contributed by atoms with E-state index in [9.17, 15) is 9.59 Å². The molecule has 1 heterocycles. The van der Waals surface area contributed by atoms with E-state index >= 15 is 0 Å². The van der Waals surface area contributed by atoms with Gasteiger partial charge in [0.1, 0.15) is 12.4 Å². The largest absolute Gasteiger partial charge is 0.444 e. The fraction of sp³-hybridized carbons (Fsp3) is 0.0435. The quantitative estimate of drug-likeness (QED) is 0.372. The van der Waals surface area contributed by atoms with Gasteiger partial charge in [0, 0.05) is 17.6 Å². The number of aromatic nitrogens is 1. The van der Waals surface area contributed by atoms with Crippen LogP contribution in [0.4, 0.5) is 4.79 Å². The molecule has 0 radical (unpaired) electrons. The highest BCUT2D eigenvalue weighted by Gasteiger charge is 2.13. The van der Waals surface area contributed by atoms with Gasteiger partial charge in [-0.25, -0.2) is 9.59 Å². The van der Waals surface area contributed by atoms with Gasteiger partial charge in [0.25, 0.3) is 0 Å². The van der Waals surface area contributed by atoms with Crippen LogP contribution in [-0.4, -0.2) is 16.6 Å². The number of benzene rings is 3. The van der Waals surface area contributed by atoms with Crippen LogP contribution < -0.4 is 4.74 Å². The molecular formula is C23H17NO4. The number of esters is 1. The SMILES string of the molecule is O=C(Oc1ccc2ccn(C(=O)OCc3ccccc3)c2c1)c1ccccc1. The maximum absolute atomic E-state index is 12.5. The Kier molecular flexibility index (Phi) is 4.89. The van der Waals surface area contributed by atoms with Crippen LogP contribution in [-0.2, 0) is 11.3 Å². The van der Waals surface area contributed by atoms with E-state index in [2.05, 4.69) is 0 Å². The van der Waals surface area contributed by atoms with Crippen molar-refractivity contribution < 1.29 is 19.1 Å². The minimum absolute atomic E-state index is 0.183. The molecule has 0 atom stereocenters. The van der Waals surface area contributed by atoms with Crippen LogP contribution in [0.2, 0.25) is 0 Å². The van der Waals surface area contributed by atoms with E-state index in [4.69, 9.17) is 9.47 Å². The molecule has 0 aliphatic carbocycles. The molecule has 0 spiro atoms. The molecule has 0 aliphatic heterocycles. The first-order chi connectivity index (χ1) is 13.7. The third kappa shape index (κ3) is 3.78. The molecule has 0 unspecified atom stereocenters. The molecule has 0 saturated carbocycles. The fourth-order valence-corrected chi connectivity index (χ4v) is 2.86. The van der Waals surface area contributed by atoms with Crippen molar-refractivity contribution in [1.29, 1.82) is 0 Å². The second kappa shape index (κ2) is 7.80. The van der Waals surface area contributed by atoms with Crippen molar-refractivity contribution in [3.63, 3.8) is 0 Å². The van der Waals surface area contributed by atoms with E-state index < -0.39 is 12.1 Å². The van der Waals surface area contributed by atoms with E-state index in [0.717, 1.165) is 10.9 Å². The number of nitrogens with zero attached hydrogens (tertiary/aromatic N) is 1. The second-order valence-corrected chi connectivity index (χ2v) is 6.20. The zero-order valence-electron chi connectivity index (χ0n) is 14.9. The molecule has 28 heavy (non-hydrogen) atoms. The molecule has 0 bridgehead atoms. The molecule has 0 fully saturated rings. The van der Waals surface area contributed by atoms with Crippen LogP contribution >= 0.6 is 0 Å². The summed E-state index contributed by atoms with van der Waals surface area (Å²) in [5.41, 5.74) is 1.97. The third-order valence-corrected chi connectivity index (χ3v) is 4.29. The van der Waals surface area contributed by atoms with Gasteiger partial charge in [-0.2, -0.15) is 0 Å². The van der Waals surface area contributed by atoms with Crippen LogP contribution in [0.5, 0.6) is 5.75 Å². The lowest BCUT2D eigenvalue weighted by atomic mass is 10.2. The van der Waals surface area contributed by atoms with E-state index in [1.807, 2.05) is 42.5 Å². The molecule has 0 N–H and O–H groups in total. The summed E-state index contributed by atoms with van der Waals surface area (Å²) >= 11 is 0. The Labute approximate surface area is 161 Å². The summed E-state index contributed by atoms with van der Waals surface area (Å²) < 4.78 is 12.2. The van der Waals surface area contributed by atoms with Gasteiger partial charge >= 0.3 is 12.1 Å². The molecule has 5 nitrogen and oxygen atoms in total. The Morgan fingerprint density at radius 3 is 2.29 bits per heavy atom. The number of fused-ring (bicyclic) bond motifs is 1. The standard InChI is InChI=1S/C23H17NO4/c25-22(19-9-5-2-6-10-19)28-20-12-11-18-13-14-24(21(18)15-20)23(26)27-16-17-7-3-1-4-8-17/h1-15H,16H2. The van der Waals surface area contributed by atoms with E-state index in [-0.39, 0.29) is 6.61 Å². The highest BCUT2D eigenvalue weighted by atomic mass is 16.5. The molecular weight excluding hydrogens is 354 g/mol. The summed E-state index contributed by atoms with van der Waals surface area (Å²) in [5, 5.41) is 0.844. The van der Waals surface area contributed by atoms with E-state index in [1.54, 1.807) is 48.7 Å². The van der Waals surface area contributed by atoms with Crippen molar-refractivity contribution in [3.05, 3.63) is 102 Å². The summed E-state index contributed by atoms with van der Waals surface area (Å²) in [6.45, 7) is 0.183. The summed E-state index contributed by atoms with van der Waals surface area (Å²) in [6, 6.07) is 25.2. The number of hydrogen-bond donors (Lipinski definition) is 0. The van der Waals surface area contributed by atoms with Gasteiger partial charge in [-0.15, -0.1) is 0 Å². The van der Waals surface area contributed by atoms with Gasteiger partial charge in [0.2, 0.25) is 0 Å². The molecule has 0 amide bonds. The first-order valence-electron chi connectivity index (χ1n) is 8.80. The van der Waals surface area contributed by atoms with E-state index in [1.165, 1.54) is 4.57 Å². The zero-order chi connectivity index (χ0) is 19.3. The summed E-state index contributed by atoms with van der Waals surface area (Å²) in [6.07, 6.45) is 1.14. The lowest BCUT2D eigenvalue weighted by Crippen LogP contribution is -2.12. The molecule has 4 rings (SSSR count). The topological polar surface area (TPSA) is 57.5 Å². The number of carbonyl (C=O) groups excluding carboxylic acids is 2. The Bertz CT molecular complexity index is 1120. The van der Waals surface area contributed by atoms with Gasteiger partial charge in [0.15, 0.2) is 0 Å². The molecule has 3 aromatic carbocycles. The van der Waals surface area contributed by atoms with Crippen LogP contribution in [0.3, 0.4) is 0 Å². The average molecular weight is 371 g/mol. The lowest BCUT2D eigenvalue weighted by Gasteiger charge is -2.08. The highest BCUT2D eigenvalue weighted by molar-refractivity contribution is 5.93. The maximum atomic E-state index is 12.5. The molecule has 138 valence electrons. The Morgan fingerprint density at radius 2 is 1.54 bits per heavy atom. The molecule has 0 aliphatic rings. The van der Waals surface area contributed by atoms with Crippen molar-refractivity contribution in [1.82, 2.24) is 4.57 Å². The van der Waals surface area contributed by atoms with Gasteiger partial charge < -0.3 is 9.47 Å². The van der Waals surface area contributed by atoms with Crippen molar-refractivity contribution in [3.8, 4) is 5.75 Å². The van der Waals surface area contributed by atoms with Gasteiger partial charge in [-0.1, -0.05) is 48.5 Å². The van der Waals surface area contributed by atoms with Crippen molar-refractivity contribution in [2.24, 2.45) is 0 Å². The van der Waals surface area contributed by atoms with Crippen molar-refractivity contribution in [2.75, 3.05) is 0 Å².